The van der Waals surface area contributed by atoms with Gasteiger partial charge in [-0.15, -0.1) is 0 Å². The van der Waals surface area contributed by atoms with Crippen LogP contribution in [0.5, 0.6) is 0 Å². The second-order valence-corrected chi connectivity index (χ2v) is 4.12. The van der Waals surface area contributed by atoms with Crippen molar-refractivity contribution in [2.75, 3.05) is 12.4 Å². The van der Waals surface area contributed by atoms with E-state index in [0.29, 0.717) is 6.61 Å². The van der Waals surface area contributed by atoms with E-state index in [2.05, 4.69) is 4.18 Å². The molecule has 1 heterocycles. The van der Waals surface area contributed by atoms with Crippen LogP contribution in [-0.2, 0) is 14.3 Å². The molecule has 1 fully saturated rings. The molecule has 0 aliphatic carbocycles. The molecule has 1 atom stereocenters. The smallest absolute Gasteiger partial charge is 0.267 e. The van der Waals surface area contributed by atoms with Crippen molar-refractivity contribution in [2.24, 2.45) is 5.92 Å². The summed E-state index contributed by atoms with van der Waals surface area (Å²) in [5, 5.41) is 0. The Labute approximate surface area is 55.1 Å². The van der Waals surface area contributed by atoms with Crippen molar-refractivity contribution in [3.63, 3.8) is 0 Å². The summed E-state index contributed by atoms with van der Waals surface area (Å²) < 4.78 is 25.8. The number of rotatable bonds is 0. The first-order valence-corrected chi connectivity index (χ1v) is 4.55. The maximum atomic E-state index is 10.6. The highest BCUT2D eigenvalue weighted by molar-refractivity contribution is 7.86. The Balaban J connectivity index is 2.62. The van der Waals surface area contributed by atoms with Crippen LogP contribution in [0, 0.1) is 5.92 Å². The lowest BCUT2D eigenvalue weighted by atomic mass is 10.1. The molecule has 1 saturated heterocycles. The van der Waals surface area contributed by atoms with E-state index in [4.69, 9.17) is 0 Å². The summed E-state index contributed by atoms with van der Waals surface area (Å²) in [6.07, 6.45) is 0.860. The molecule has 0 spiro atoms. The molecule has 0 aromatic carbocycles. The van der Waals surface area contributed by atoms with Crippen LogP contribution >= 0.6 is 0 Å². The predicted molar refractivity (Wildman–Crippen MR) is 33.5 cm³/mol. The van der Waals surface area contributed by atoms with E-state index in [1.807, 2.05) is 6.92 Å². The fourth-order valence-corrected chi connectivity index (χ4v) is 2.17. The van der Waals surface area contributed by atoms with Crippen molar-refractivity contribution in [3.8, 4) is 0 Å². The normalized spacial score (nSPS) is 34.1. The van der Waals surface area contributed by atoms with Crippen molar-refractivity contribution >= 4 is 10.1 Å². The Bertz CT molecular complexity index is 182. The van der Waals surface area contributed by atoms with Gasteiger partial charge in [0.1, 0.15) is 0 Å². The monoisotopic (exact) mass is 150 g/mol. The topological polar surface area (TPSA) is 43.4 Å². The highest BCUT2D eigenvalue weighted by atomic mass is 32.2. The maximum Gasteiger partial charge on any atom is 0.267 e. The van der Waals surface area contributed by atoms with E-state index in [-0.39, 0.29) is 11.7 Å². The number of hydrogen-bond acceptors (Lipinski definition) is 3. The summed E-state index contributed by atoms with van der Waals surface area (Å²) in [6, 6.07) is 0. The van der Waals surface area contributed by atoms with Crippen LogP contribution in [0.25, 0.3) is 0 Å². The van der Waals surface area contributed by atoms with Crippen molar-refractivity contribution in [1.82, 2.24) is 0 Å². The van der Waals surface area contributed by atoms with Gasteiger partial charge in [0.25, 0.3) is 10.1 Å². The van der Waals surface area contributed by atoms with E-state index in [9.17, 15) is 8.42 Å². The molecule has 0 saturated carbocycles. The molecule has 9 heavy (non-hydrogen) atoms. The quantitative estimate of drug-likeness (QED) is 0.469. The summed E-state index contributed by atoms with van der Waals surface area (Å²) in [5.41, 5.74) is 0. The van der Waals surface area contributed by atoms with Gasteiger partial charge in [-0.2, -0.15) is 8.42 Å². The molecule has 0 N–H and O–H groups in total. The third kappa shape index (κ3) is 1.95. The highest BCUT2D eigenvalue weighted by Crippen LogP contribution is 2.13. The lowest BCUT2D eigenvalue weighted by Gasteiger charge is -2.16. The average Bonchev–Trinajstić information content (AvgIpc) is 1.60. The van der Waals surface area contributed by atoms with Gasteiger partial charge < -0.3 is 0 Å². The molecule has 0 bridgehead atoms. The number of hydrogen-bond donors (Lipinski definition) is 0. The van der Waals surface area contributed by atoms with E-state index in [1.165, 1.54) is 0 Å². The first kappa shape index (κ1) is 7.02. The van der Waals surface area contributed by atoms with Crippen LogP contribution in [-0.4, -0.2) is 20.8 Å². The second kappa shape index (κ2) is 2.27. The summed E-state index contributed by atoms with van der Waals surface area (Å²) in [5.74, 6) is 0.455. The van der Waals surface area contributed by atoms with Gasteiger partial charge in [0, 0.05) is 0 Å². The van der Waals surface area contributed by atoms with Gasteiger partial charge >= 0.3 is 0 Å². The minimum absolute atomic E-state index is 0.188. The highest BCUT2D eigenvalue weighted by Gasteiger charge is 2.21. The molecule has 1 rings (SSSR count). The van der Waals surface area contributed by atoms with Gasteiger partial charge in [-0.05, 0) is 12.3 Å². The van der Waals surface area contributed by atoms with Crippen LogP contribution in [0.15, 0.2) is 0 Å². The molecule has 4 heteroatoms. The van der Waals surface area contributed by atoms with Crippen LogP contribution in [0.2, 0.25) is 0 Å². The summed E-state index contributed by atoms with van der Waals surface area (Å²) in [7, 11) is -3.13. The first-order chi connectivity index (χ1) is 4.10. The van der Waals surface area contributed by atoms with E-state index >= 15 is 0 Å². The molecule has 1 aliphatic heterocycles. The molecule has 0 radical (unpaired) electrons. The lowest BCUT2D eigenvalue weighted by molar-refractivity contribution is 0.264. The van der Waals surface area contributed by atoms with Crippen LogP contribution < -0.4 is 0 Å². The van der Waals surface area contributed by atoms with Crippen molar-refractivity contribution in [3.05, 3.63) is 0 Å². The first-order valence-electron chi connectivity index (χ1n) is 2.97. The zero-order valence-corrected chi connectivity index (χ0v) is 6.15. The zero-order valence-electron chi connectivity index (χ0n) is 5.33. The minimum atomic E-state index is -3.13. The molecule has 54 valence electrons. The van der Waals surface area contributed by atoms with Gasteiger partial charge in [-0.25, -0.2) is 0 Å². The molecule has 1 unspecified atom stereocenters. The molecule has 1 aliphatic rings. The van der Waals surface area contributed by atoms with Gasteiger partial charge in [0.05, 0.1) is 12.4 Å². The largest absolute Gasteiger partial charge is 0.270 e. The van der Waals surface area contributed by atoms with Crippen molar-refractivity contribution < 1.29 is 12.6 Å². The summed E-state index contributed by atoms with van der Waals surface area (Å²) in [4.78, 5) is 0. The Morgan fingerprint density at radius 3 is 2.56 bits per heavy atom. The SMILES string of the molecule is CC1CCOS(=O)(=O)C1. The third-order valence-electron chi connectivity index (χ3n) is 1.36. The van der Waals surface area contributed by atoms with Gasteiger partial charge in [0.15, 0.2) is 0 Å². The lowest BCUT2D eigenvalue weighted by Crippen LogP contribution is -2.24. The standard InChI is InChI=1S/C5H10O3S/c1-5-2-3-8-9(6,7)4-5/h5H,2-4H2,1H3. The Morgan fingerprint density at radius 2 is 2.22 bits per heavy atom. The zero-order chi connectivity index (χ0) is 6.91. The van der Waals surface area contributed by atoms with Crippen LogP contribution in [0.3, 0.4) is 0 Å². The van der Waals surface area contributed by atoms with Gasteiger partial charge in [-0.1, -0.05) is 6.92 Å². The predicted octanol–water partition coefficient (Wildman–Crippen LogP) is 0.373. The van der Waals surface area contributed by atoms with Gasteiger partial charge in [-0.3, -0.25) is 4.18 Å². The Kier molecular flexibility index (Phi) is 1.77. The summed E-state index contributed by atoms with van der Waals surface area (Å²) in [6.45, 7) is 2.28. The molecular formula is C5H10O3S. The molecule has 0 aromatic heterocycles. The van der Waals surface area contributed by atoms with E-state index in [1.54, 1.807) is 0 Å². The molecule has 0 amide bonds. The Hall–Kier alpha value is -0.0900. The molecule has 0 aromatic rings. The second-order valence-electron chi connectivity index (χ2n) is 2.44. The molecule has 3 nitrogen and oxygen atoms in total. The van der Waals surface area contributed by atoms with Crippen LogP contribution in [0.4, 0.5) is 0 Å². The Morgan fingerprint density at radius 1 is 1.56 bits per heavy atom. The van der Waals surface area contributed by atoms with Crippen molar-refractivity contribution in [1.29, 1.82) is 0 Å². The average molecular weight is 150 g/mol. The molecular weight excluding hydrogens is 140 g/mol. The minimum Gasteiger partial charge on any atom is -0.270 e. The van der Waals surface area contributed by atoms with Crippen LogP contribution in [0.1, 0.15) is 13.3 Å². The van der Waals surface area contributed by atoms with Gasteiger partial charge in [0.2, 0.25) is 0 Å². The van der Waals surface area contributed by atoms with E-state index in [0.717, 1.165) is 6.42 Å². The maximum absolute atomic E-state index is 10.6. The van der Waals surface area contributed by atoms with Crippen molar-refractivity contribution in [2.45, 2.75) is 13.3 Å². The fourth-order valence-electron chi connectivity index (χ4n) is 0.856. The van der Waals surface area contributed by atoms with E-state index < -0.39 is 10.1 Å². The fraction of sp³-hybridized carbons (Fsp3) is 1.00. The summed E-state index contributed by atoms with van der Waals surface area (Å²) >= 11 is 0. The third-order valence-corrected chi connectivity index (χ3v) is 2.87.